The van der Waals surface area contributed by atoms with Gasteiger partial charge in [0.1, 0.15) is 11.6 Å². The van der Waals surface area contributed by atoms with E-state index in [-0.39, 0.29) is 0 Å². The summed E-state index contributed by atoms with van der Waals surface area (Å²) in [5, 5.41) is 8.59. The van der Waals surface area contributed by atoms with Crippen LogP contribution in [-0.4, -0.2) is 39.0 Å². The molecule has 0 bridgehead atoms. The molecule has 2 aromatic heterocycles. The molecule has 2 aromatic rings. The first-order valence-electron chi connectivity index (χ1n) is 6.76. The summed E-state index contributed by atoms with van der Waals surface area (Å²) in [6.07, 6.45) is 5.59. The van der Waals surface area contributed by atoms with Crippen molar-refractivity contribution in [1.29, 1.82) is 0 Å². The lowest BCUT2D eigenvalue weighted by molar-refractivity contribution is 0.107. The number of rotatable bonds is 4. The molecule has 1 N–H and O–H groups in total. The molecule has 3 heterocycles. The normalized spacial score (nSPS) is 19.2. The molecule has 102 valence electrons. The summed E-state index contributed by atoms with van der Waals surface area (Å²) < 4.78 is 7.39. The molecule has 0 aliphatic carbocycles. The standard InChI is InChI=1S/C13H19N5O/c1-9-16-12(11-8-15-18(2)13(11)17-9)14-6-5-10-4-3-7-19-10/h8,10H,3-7H2,1-2H3,(H,14,16,17)/t10-/m1/s1. The maximum atomic E-state index is 5.62. The first-order valence-corrected chi connectivity index (χ1v) is 6.76. The van der Waals surface area contributed by atoms with E-state index in [9.17, 15) is 0 Å². The van der Waals surface area contributed by atoms with Crippen LogP contribution in [0.5, 0.6) is 0 Å². The van der Waals surface area contributed by atoms with Crippen molar-refractivity contribution in [2.24, 2.45) is 7.05 Å². The zero-order valence-electron chi connectivity index (χ0n) is 11.4. The minimum atomic E-state index is 0.403. The van der Waals surface area contributed by atoms with E-state index in [4.69, 9.17) is 4.74 Å². The molecule has 1 aliphatic rings. The van der Waals surface area contributed by atoms with Crippen molar-refractivity contribution in [3.8, 4) is 0 Å². The number of anilines is 1. The van der Waals surface area contributed by atoms with Crippen LogP contribution in [0.2, 0.25) is 0 Å². The second kappa shape index (κ2) is 5.13. The van der Waals surface area contributed by atoms with Crippen molar-refractivity contribution in [3.05, 3.63) is 12.0 Å². The maximum absolute atomic E-state index is 5.62. The van der Waals surface area contributed by atoms with Gasteiger partial charge in [0.25, 0.3) is 0 Å². The molecule has 0 amide bonds. The van der Waals surface area contributed by atoms with Gasteiger partial charge in [-0.3, -0.25) is 4.68 Å². The second-order valence-electron chi connectivity index (χ2n) is 4.98. The van der Waals surface area contributed by atoms with Gasteiger partial charge in [-0.1, -0.05) is 0 Å². The molecular weight excluding hydrogens is 242 g/mol. The fourth-order valence-electron chi connectivity index (χ4n) is 2.49. The van der Waals surface area contributed by atoms with Crippen molar-refractivity contribution in [1.82, 2.24) is 19.7 Å². The SMILES string of the molecule is Cc1nc(NCC[C@H]2CCCO2)c2cnn(C)c2n1. The first-order chi connectivity index (χ1) is 9.24. The molecule has 1 fully saturated rings. The maximum Gasteiger partial charge on any atom is 0.163 e. The molecule has 6 nitrogen and oxygen atoms in total. The summed E-state index contributed by atoms with van der Waals surface area (Å²) >= 11 is 0. The average Bonchev–Trinajstić information content (AvgIpc) is 3.00. The number of hydrogen-bond donors (Lipinski definition) is 1. The van der Waals surface area contributed by atoms with Crippen LogP contribution in [0.4, 0.5) is 5.82 Å². The van der Waals surface area contributed by atoms with Crippen molar-refractivity contribution >= 4 is 16.9 Å². The Hall–Kier alpha value is -1.69. The molecule has 0 radical (unpaired) electrons. The lowest BCUT2D eigenvalue weighted by Gasteiger charge is -2.11. The van der Waals surface area contributed by atoms with Gasteiger partial charge < -0.3 is 10.1 Å². The van der Waals surface area contributed by atoms with Crippen LogP contribution < -0.4 is 5.32 Å². The van der Waals surface area contributed by atoms with Crippen LogP contribution in [0.1, 0.15) is 25.1 Å². The molecule has 0 saturated carbocycles. The second-order valence-corrected chi connectivity index (χ2v) is 4.98. The number of hydrogen-bond acceptors (Lipinski definition) is 5. The van der Waals surface area contributed by atoms with Gasteiger partial charge in [0, 0.05) is 20.2 Å². The molecule has 3 rings (SSSR count). The Morgan fingerprint density at radius 1 is 1.47 bits per heavy atom. The first kappa shape index (κ1) is 12.3. The fourth-order valence-corrected chi connectivity index (χ4v) is 2.49. The summed E-state index contributed by atoms with van der Waals surface area (Å²) in [4.78, 5) is 8.87. The van der Waals surface area contributed by atoms with E-state index in [0.717, 1.165) is 42.2 Å². The van der Waals surface area contributed by atoms with E-state index in [1.54, 1.807) is 4.68 Å². The highest BCUT2D eigenvalue weighted by atomic mass is 16.5. The Morgan fingerprint density at radius 2 is 2.37 bits per heavy atom. The van der Waals surface area contributed by atoms with Crippen molar-refractivity contribution in [2.75, 3.05) is 18.5 Å². The van der Waals surface area contributed by atoms with Crippen molar-refractivity contribution < 1.29 is 4.74 Å². The number of aryl methyl sites for hydroxylation is 2. The highest BCUT2D eigenvalue weighted by Crippen LogP contribution is 2.20. The van der Waals surface area contributed by atoms with Crippen LogP contribution in [-0.2, 0) is 11.8 Å². The topological polar surface area (TPSA) is 64.9 Å². The molecular formula is C13H19N5O. The number of ether oxygens (including phenoxy) is 1. The summed E-state index contributed by atoms with van der Waals surface area (Å²) in [6, 6.07) is 0. The average molecular weight is 261 g/mol. The van der Waals surface area contributed by atoms with E-state index in [0.29, 0.717) is 6.10 Å². The van der Waals surface area contributed by atoms with E-state index in [1.165, 1.54) is 12.8 Å². The van der Waals surface area contributed by atoms with Gasteiger partial charge in [-0.15, -0.1) is 0 Å². The molecule has 1 atom stereocenters. The molecule has 1 aliphatic heterocycles. The third-order valence-electron chi connectivity index (χ3n) is 3.49. The van der Waals surface area contributed by atoms with Gasteiger partial charge in [-0.2, -0.15) is 5.10 Å². The number of nitrogens with one attached hydrogen (secondary N) is 1. The van der Waals surface area contributed by atoms with Crippen LogP contribution in [0.25, 0.3) is 11.0 Å². The van der Waals surface area contributed by atoms with E-state index < -0.39 is 0 Å². The summed E-state index contributed by atoms with van der Waals surface area (Å²) in [5.41, 5.74) is 0.868. The Labute approximate surface area is 112 Å². The Bertz CT molecular complexity index is 574. The molecule has 0 aromatic carbocycles. The predicted octanol–water partition coefficient (Wildman–Crippen LogP) is 1.65. The monoisotopic (exact) mass is 261 g/mol. The predicted molar refractivity (Wildman–Crippen MR) is 73.1 cm³/mol. The molecule has 19 heavy (non-hydrogen) atoms. The quantitative estimate of drug-likeness (QED) is 0.906. The summed E-state index contributed by atoms with van der Waals surface area (Å²) in [5.74, 6) is 1.63. The van der Waals surface area contributed by atoms with Gasteiger partial charge in [-0.05, 0) is 26.2 Å². The van der Waals surface area contributed by atoms with E-state index in [1.807, 2.05) is 20.2 Å². The Kier molecular flexibility index (Phi) is 3.33. The smallest absolute Gasteiger partial charge is 0.163 e. The summed E-state index contributed by atoms with van der Waals surface area (Å²) in [6.45, 7) is 3.67. The number of fused-ring (bicyclic) bond motifs is 1. The van der Waals surface area contributed by atoms with Gasteiger partial charge in [0.05, 0.1) is 17.7 Å². The molecule has 0 spiro atoms. The molecule has 0 unspecified atom stereocenters. The third kappa shape index (κ3) is 2.53. The van der Waals surface area contributed by atoms with Crippen LogP contribution in [0.3, 0.4) is 0 Å². The summed E-state index contributed by atoms with van der Waals surface area (Å²) in [7, 11) is 1.89. The van der Waals surface area contributed by atoms with Crippen LogP contribution in [0, 0.1) is 6.92 Å². The van der Waals surface area contributed by atoms with Gasteiger partial charge in [0.2, 0.25) is 0 Å². The lowest BCUT2D eigenvalue weighted by Crippen LogP contribution is -2.13. The van der Waals surface area contributed by atoms with Gasteiger partial charge >= 0.3 is 0 Å². The van der Waals surface area contributed by atoms with Crippen LogP contribution >= 0.6 is 0 Å². The number of nitrogens with zero attached hydrogens (tertiary/aromatic N) is 4. The van der Waals surface area contributed by atoms with E-state index >= 15 is 0 Å². The fraction of sp³-hybridized carbons (Fsp3) is 0.615. The van der Waals surface area contributed by atoms with Crippen molar-refractivity contribution in [2.45, 2.75) is 32.3 Å². The Morgan fingerprint density at radius 3 is 3.16 bits per heavy atom. The highest BCUT2D eigenvalue weighted by molar-refractivity contribution is 5.86. The van der Waals surface area contributed by atoms with Crippen molar-refractivity contribution in [3.63, 3.8) is 0 Å². The van der Waals surface area contributed by atoms with Gasteiger partial charge in [-0.25, -0.2) is 9.97 Å². The van der Waals surface area contributed by atoms with E-state index in [2.05, 4.69) is 20.4 Å². The largest absolute Gasteiger partial charge is 0.378 e. The zero-order valence-corrected chi connectivity index (χ0v) is 11.4. The van der Waals surface area contributed by atoms with Gasteiger partial charge in [0.15, 0.2) is 5.65 Å². The highest BCUT2D eigenvalue weighted by Gasteiger charge is 2.15. The number of aromatic nitrogens is 4. The minimum absolute atomic E-state index is 0.403. The third-order valence-corrected chi connectivity index (χ3v) is 3.49. The lowest BCUT2D eigenvalue weighted by atomic mass is 10.2. The molecule has 1 saturated heterocycles. The Balaban J connectivity index is 1.72. The van der Waals surface area contributed by atoms with Crippen LogP contribution in [0.15, 0.2) is 6.20 Å². The minimum Gasteiger partial charge on any atom is -0.378 e. The molecule has 6 heteroatoms. The zero-order chi connectivity index (χ0) is 13.2.